The Morgan fingerprint density at radius 1 is 1.57 bits per heavy atom. The molecule has 0 spiro atoms. The van der Waals surface area contributed by atoms with Gasteiger partial charge in [-0.2, -0.15) is 5.26 Å². The van der Waals surface area contributed by atoms with E-state index in [9.17, 15) is 4.39 Å². The molecule has 0 atom stereocenters. The molecular formula is C10H10BrFN2. The fourth-order valence-electron chi connectivity index (χ4n) is 1.14. The molecule has 0 fully saturated rings. The summed E-state index contributed by atoms with van der Waals surface area (Å²) in [5, 5.41) is 8.46. The zero-order chi connectivity index (χ0) is 10.6. The van der Waals surface area contributed by atoms with Crippen LogP contribution in [0, 0.1) is 17.1 Å². The van der Waals surface area contributed by atoms with Gasteiger partial charge in [-0.15, -0.1) is 0 Å². The molecule has 0 radical (unpaired) electrons. The maximum Gasteiger partial charge on any atom is 0.137 e. The molecule has 1 rings (SSSR count). The third kappa shape index (κ3) is 2.79. The molecule has 4 heteroatoms. The van der Waals surface area contributed by atoms with Crippen molar-refractivity contribution in [1.29, 1.82) is 5.26 Å². The van der Waals surface area contributed by atoms with Gasteiger partial charge in [0.15, 0.2) is 0 Å². The highest BCUT2D eigenvalue weighted by atomic mass is 79.9. The Balaban J connectivity index is 2.77. The maximum atomic E-state index is 13.1. The van der Waals surface area contributed by atoms with Crippen LogP contribution in [0.1, 0.15) is 5.56 Å². The largest absolute Gasteiger partial charge is 0.289 e. The summed E-state index contributed by atoms with van der Waals surface area (Å²) in [6.07, 6.45) is 0. The quantitative estimate of drug-likeness (QED) is 0.778. The second kappa shape index (κ2) is 5.08. The molecular weight excluding hydrogens is 247 g/mol. The minimum absolute atomic E-state index is 0.271. The van der Waals surface area contributed by atoms with Crippen LogP contribution in [0.25, 0.3) is 0 Å². The number of halogens is 2. The zero-order valence-corrected chi connectivity index (χ0v) is 9.38. The smallest absolute Gasteiger partial charge is 0.137 e. The van der Waals surface area contributed by atoms with E-state index in [2.05, 4.69) is 15.9 Å². The molecule has 0 amide bonds. The first-order chi connectivity index (χ1) is 6.65. The van der Waals surface area contributed by atoms with Gasteiger partial charge in [-0.1, -0.05) is 12.1 Å². The second-order valence-corrected chi connectivity index (χ2v) is 3.84. The Bertz CT molecular complexity index is 360. The molecule has 0 saturated carbocycles. The van der Waals surface area contributed by atoms with E-state index >= 15 is 0 Å². The molecule has 1 aromatic carbocycles. The second-order valence-electron chi connectivity index (χ2n) is 3.04. The topological polar surface area (TPSA) is 27.0 Å². The van der Waals surface area contributed by atoms with Crippen LogP contribution < -0.4 is 0 Å². The molecule has 1 aromatic rings. The lowest BCUT2D eigenvalue weighted by atomic mass is 10.2. The van der Waals surface area contributed by atoms with Crippen LogP contribution in [-0.4, -0.2) is 18.5 Å². The van der Waals surface area contributed by atoms with Gasteiger partial charge in [-0.05, 0) is 34.6 Å². The van der Waals surface area contributed by atoms with Gasteiger partial charge < -0.3 is 0 Å². The molecule has 0 aliphatic carbocycles. The number of benzene rings is 1. The van der Waals surface area contributed by atoms with Gasteiger partial charge in [-0.25, -0.2) is 4.39 Å². The standard InChI is InChI=1S/C10H10BrFN2/c1-14(6-5-13)7-8-3-2-4-9(12)10(8)11/h2-4H,6-7H2,1H3. The minimum atomic E-state index is -0.271. The van der Waals surface area contributed by atoms with E-state index in [1.54, 1.807) is 6.07 Å². The normalized spacial score (nSPS) is 10.2. The van der Waals surface area contributed by atoms with Gasteiger partial charge in [0.25, 0.3) is 0 Å². The van der Waals surface area contributed by atoms with E-state index in [1.807, 2.05) is 24.1 Å². The van der Waals surface area contributed by atoms with Crippen LogP contribution in [0.2, 0.25) is 0 Å². The van der Waals surface area contributed by atoms with Crippen molar-refractivity contribution in [2.75, 3.05) is 13.6 Å². The van der Waals surface area contributed by atoms with Crippen molar-refractivity contribution >= 4 is 15.9 Å². The van der Waals surface area contributed by atoms with E-state index in [-0.39, 0.29) is 5.82 Å². The van der Waals surface area contributed by atoms with Gasteiger partial charge in [0.05, 0.1) is 17.1 Å². The first kappa shape index (κ1) is 11.2. The highest BCUT2D eigenvalue weighted by Gasteiger charge is 2.06. The summed E-state index contributed by atoms with van der Waals surface area (Å²) in [7, 11) is 1.82. The number of nitrogens with zero attached hydrogens (tertiary/aromatic N) is 2. The van der Waals surface area contributed by atoms with E-state index in [1.165, 1.54) is 6.07 Å². The zero-order valence-electron chi connectivity index (χ0n) is 7.80. The highest BCUT2D eigenvalue weighted by molar-refractivity contribution is 9.10. The van der Waals surface area contributed by atoms with Gasteiger partial charge >= 0.3 is 0 Å². The van der Waals surface area contributed by atoms with Crippen LogP contribution in [0.15, 0.2) is 22.7 Å². The summed E-state index contributed by atoms with van der Waals surface area (Å²) in [6.45, 7) is 0.898. The van der Waals surface area contributed by atoms with Gasteiger partial charge in [-0.3, -0.25) is 4.90 Å². The van der Waals surface area contributed by atoms with Crippen molar-refractivity contribution in [2.45, 2.75) is 6.54 Å². The lowest BCUT2D eigenvalue weighted by molar-refractivity contribution is 0.366. The van der Waals surface area contributed by atoms with Crippen LogP contribution in [0.5, 0.6) is 0 Å². The van der Waals surface area contributed by atoms with Crippen molar-refractivity contribution in [3.05, 3.63) is 34.1 Å². The van der Waals surface area contributed by atoms with Crippen LogP contribution in [-0.2, 0) is 6.54 Å². The SMILES string of the molecule is CN(CC#N)Cc1cccc(F)c1Br. The maximum absolute atomic E-state index is 13.1. The average molecular weight is 257 g/mol. The average Bonchev–Trinajstić information content (AvgIpc) is 2.13. The predicted molar refractivity (Wildman–Crippen MR) is 56.0 cm³/mol. The van der Waals surface area contributed by atoms with Gasteiger partial charge in [0.2, 0.25) is 0 Å². The Morgan fingerprint density at radius 2 is 2.29 bits per heavy atom. The molecule has 74 valence electrons. The lowest BCUT2D eigenvalue weighted by Gasteiger charge is -2.13. The molecule has 0 aromatic heterocycles. The third-order valence-electron chi connectivity index (χ3n) is 1.81. The van der Waals surface area contributed by atoms with Crippen molar-refractivity contribution in [3.8, 4) is 6.07 Å². The summed E-state index contributed by atoms with van der Waals surface area (Å²) in [5.41, 5.74) is 0.850. The van der Waals surface area contributed by atoms with Crippen molar-refractivity contribution < 1.29 is 4.39 Å². The van der Waals surface area contributed by atoms with E-state index in [0.717, 1.165) is 5.56 Å². The number of rotatable bonds is 3. The summed E-state index contributed by atoms with van der Waals surface area (Å²) in [6, 6.07) is 6.94. The van der Waals surface area contributed by atoms with Crippen LogP contribution in [0.4, 0.5) is 4.39 Å². The molecule has 2 nitrogen and oxygen atoms in total. The number of hydrogen-bond acceptors (Lipinski definition) is 2. The van der Waals surface area contributed by atoms with Crippen LogP contribution in [0.3, 0.4) is 0 Å². The monoisotopic (exact) mass is 256 g/mol. The molecule has 0 saturated heterocycles. The highest BCUT2D eigenvalue weighted by Crippen LogP contribution is 2.21. The fourth-order valence-corrected chi connectivity index (χ4v) is 1.53. The number of hydrogen-bond donors (Lipinski definition) is 0. The summed E-state index contributed by atoms with van der Waals surface area (Å²) >= 11 is 3.18. The summed E-state index contributed by atoms with van der Waals surface area (Å²) in [5.74, 6) is -0.271. The Kier molecular flexibility index (Phi) is 4.05. The van der Waals surface area contributed by atoms with Crippen molar-refractivity contribution in [1.82, 2.24) is 4.90 Å². The van der Waals surface area contributed by atoms with E-state index < -0.39 is 0 Å². The Hall–Kier alpha value is -0.920. The first-order valence-corrected chi connectivity index (χ1v) is 4.93. The number of nitriles is 1. The molecule has 0 aliphatic heterocycles. The predicted octanol–water partition coefficient (Wildman–Crippen LogP) is 2.54. The molecule has 0 bridgehead atoms. The van der Waals surface area contributed by atoms with Crippen molar-refractivity contribution in [3.63, 3.8) is 0 Å². The molecule has 0 unspecified atom stereocenters. The van der Waals surface area contributed by atoms with E-state index in [4.69, 9.17) is 5.26 Å². The first-order valence-electron chi connectivity index (χ1n) is 4.13. The summed E-state index contributed by atoms with van der Waals surface area (Å²) < 4.78 is 13.6. The minimum Gasteiger partial charge on any atom is -0.289 e. The third-order valence-corrected chi connectivity index (χ3v) is 2.70. The van der Waals surface area contributed by atoms with Crippen LogP contribution >= 0.6 is 15.9 Å². The van der Waals surface area contributed by atoms with Gasteiger partial charge in [0.1, 0.15) is 5.82 Å². The lowest BCUT2D eigenvalue weighted by Crippen LogP contribution is -2.18. The fraction of sp³-hybridized carbons (Fsp3) is 0.300. The molecule has 0 aliphatic rings. The Labute approximate surface area is 91.1 Å². The van der Waals surface area contributed by atoms with Crippen molar-refractivity contribution in [2.24, 2.45) is 0 Å². The Morgan fingerprint density at radius 3 is 2.93 bits per heavy atom. The van der Waals surface area contributed by atoms with E-state index in [0.29, 0.717) is 17.6 Å². The molecule has 0 N–H and O–H groups in total. The molecule has 0 heterocycles. The summed E-state index contributed by atoms with van der Waals surface area (Å²) in [4.78, 5) is 1.82. The van der Waals surface area contributed by atoms with Gasteiger partial charge in [0, 0.05) is 6.54 Å². The molecule has 14 heavy (non-hydrogen) atoms.